The summed E-state index contributed by atoms with van der Waals surface area (Å²) in [6.07, 6.45) is 9.12. The number of fused-ring (bicyclic) bond motifs is 1. The number of anilines is 2. The summed E-state index contributed by atoms with van der Waals surface area (Å²) in [6, 6.07) is 19.4. The van der Waals surface area contributed by atoms with E-state index in [9.17, 15) is 28.8 Å². The van der Waals surface area contributed by atoms with Crippen LogP contribution in [-0.2, 0) is 28.6 Å². The molecule has 0 radical (unpaired) electrons. The van der Waals surface area contributed by atoms with Gasteiger partial charge in [-0.2, -0.15) is 0 Å². The number of piperidine rings is 2. The van der Waals surface area contributed by atoms with Crippen LogP contribution in [0.3, 0.4) is 0 Å². The number of benzene rings is 3. The molecule has 21 nitrogen and oxygen atoms in total. The fraction of sp³-hybridized carbons (Fsp3) is 0.466. The monoisotopic (exact) mass is 1100 g/mol. The Morgan fingerprint density at radius 1 is 0.775 bits per heavy atom. The molecule has 0 saturated carbocycles. The molecule has 22 heteroatoms. The third-order valence-electron chi connectivity index (χ3n) is 14.7. The van der Waals surface area contributed by atoms with Crippen LogP contribution in [0.25, 0.3) is 0 Å². The van der Waals surface area contributed by atoms with Gasteiger partial charge in [0.2, 0.25) is 17.7 Å². The number of pyridine rings is 1. The summed E-state index contributed by atoms with van der Waals surface area (Å²) in [7, 11) is 0. The number of amidine groups is 2. The second kappa shape index (κ2) is 28.5. The third-order valence-corrected chi connectivity index (χ3v) is 14.7. The van der Waals surface area contributed by atoms with Crippen molar-refractivity contribution >= 4 is 58.5 Å². The molecule has 0 spiro atoms. The van der Waals surface area contributed by atoms with E-state index in [0.717, 1.165) is 48.0 Å². The number of amides is 6. The van der Waals surface area contributed by atoms with Gasteiger partial charge in [0.05, 0.1) is 61.4 Å². The lowest BCUT2D eigenvalue weighted by Crippen LogP contribution is -2.58. The highest BCUT2D eigenvalue weighted by molar-refractivity contribution is 6.24. The van der Waals surface area contributed by atoms with E-state index in [4.69, 9.17) is 29.8 Å². The Balaban J connectivity index is 0.626. The summed E-state index contributed by atoms with van der Waals surface area (Å²) >= 11 is 0. The fourth-order valence-electron chi connectivity index (χ4n) is 10.2. The summed E-state index contributed by atoms with van der Waals surface area (Å²) in [4.78, 5) is 85.1. The van der Waals surface area contributed by atoms with Crippen LogP contribution in [0.1, 0.15) is 119 Å². The third kappa shape index (κ3) is 15.4. The topological polar surface area (TPSA) is 270 Å². The number of nitrogens with one attached hydrogen (secondary N) is 7. The van der Waals surface area contributed by atoms with E-state index >= 15 is 4.39 Å². The normalized spacial score (nSPS) is 17.4. The number of unbranched alkanes of at least 4 members (excludes halogenated alkanes) is 3. The SMILES string of the molecule is C[C@@H](NC(=O)c1cccc(NC2(C(=N)NC(=N)c3ccncc3)CCNCC2)c1)c1cccc(OCCCCCCOCCOCCOCCCC(=O)N2CCN(c3cc4c(cc3F)C(=O)N(C3CCC(=O)NC3=O)C4=O)CC2)c1. The van der Waals surface area contributed by atoms with Gasteiger partial charge in [-0.1, -0.05) is 24.6 Å². The number of carbonyl (C=O) groups is 6. The molecule has 3 aromatic carbocycles. The predicted octanol–water partition coefficient (Wildman–Crippen LogP) is 5.36. The zero-order valence-electron chi connectivity index (χ0n) is 45.3. The minimum Gasteiger partial charge on any atom is -0.494 e. The minimum absolute atomic E-state index is 0.00160. The molecule has 3 saturated heterocycles. The largest absolute Gasteiger partial charge is 0.494 e. The molecule has 6 amide bonds. The van der Waals surface area contributed by atoms with Gasteiger partial charge in [-0.3, -0.25) is 54.8 Å². The van der Waals surface area contributed by atoms with Gasteiger partial charge in [0.1, 0.15) is 29.3 Å². The highest BCUT2D eigenvalue weighted by Gasteiger charge is 2.45. The molecule has 0 aliphatic carbocycles. The summed E-state index contributed by atoms with van der Waals surface area (Å²) in [5, 5.41) is 32.7. The van der Waals surface area contributed by atoms with Crippen LogP contribution in [0.15, 0.2) is 85.2 Å². The Labute approximate surface area is 465 Å². The van der Waals surface area contributed by atoms with Crippen LogP contribution in [0, 0.1) is 16.6 Å². The first kappa shape index (κ1) is 58.5. The molecule has 4 aromatic rings. The van der Waals surface area contributed by atoms with E-state index in [1.54, 1.807) is 46.5 Å². The van der Waals surface area contributed by atoms with Gasteiger partial charge in [0, 0.05) is 81.4 Å². The quantitative estimate of drug-likeness (QED) is 0.0172. The summed E-state index contributed by atoms with van der Waals surface area (Å²) in [5.41, 5.74) is 2.02. The van der Waals surface area contributed by atoms with Gasteiger partial charge >= 0.3 is 0 Å². The lowest BCUT2D eigenvalue weighted by molar-refractivity contribution is -0.136. The number of halogens is 1. The Morgan fingerprint density at radius 3 is 2.15 bits per heavy atom. The number of imide groups is 2. The maximum absolute atomic E-state index is 15.3. The highest BCUT2D eigenvalue weighted by Crippen LogP contribution is 2.34. The van der Waals surface area contributed by atoms with Gasteiger partial charge in [-0.15, -0.1) is 0 Å². The summed E-state index contributed by atoms with van der Waals surface area (Å²) in [6.45, 7) is 8.05. The molecule has 4 aliphatic heterocycles. The Bertz CT molecular complexity index is 2860. The summed E-state index contributed by atoms with van der Waals surface area (Å²) < 4.78 is 38.4. The summed E-state index contributed by atoms with van der Waals surface area (Å²) in [5.74, 6) is -2.57. The van der Waals surface area contributed by atoms with E-state index < -0.39 is 41.0 Å². The van der Waals surface area contributed by atoms with E-state index in [1.807, 2.05) is 43.3 Å². The first-order valence-electron chi connectivity index (χ1n) is 27.6. The number of hydrogen-bond acceptors (Lipinski definition) is 16. The van der Waals surface area contributed by atoms with Crippen molar-refractivity contribution in [2.24, 2.45) is 0 Å². The van der Waals surface area contributed by atoms with Crippen molar-refractivity contribution in [1.29, 1.82) is 10.8 Å². The Morgan fingerprint density at radius 2 is 1.44 bits per heavy atom. The minimum atomic E-state index is -1.14. The Kier molecular flexibility index (Phi) is 20.8. The average molecular weight is 1100 g/mol. The number of nitrogens with zero attached hydrogens (tertiary/aromatic N) is 4. The number of aromatic nitrogens is 1. The second-order valence-corrected chi connectivity index (χ2v) is 20.3. The van der Waals surface area contributed by atoms with E-state index in [-0.39, 0.29) is 59.2 Å². The maximum Gasteiger partial charge on any atom is 0.262 e. The molecule has 1 unspecified atom stereocenters. The standard InChI is InChI=1S/C58H72FN11O10/c1-39(64-53(73)42-10-6-11-43(35-42)67-58(18-22-63-23-19-58)57(61)66-52(60)40-16-20-62-21-17-40)41-9-7-12-44(36-41)80-30-5-3-2-4-28-77-31-33-79-34-32-78-29-8-13-51(72)69-26-24-68(25-27-69)49-38-46-45(37-47(49)59)55(75)70(56(46)76)48-14-15-50(71)65-54(48)74/h6-7,9-12,16-17,20-21,35-39,48,63,67H,2-5,8,13-15,18-19,22-34H2,1H3,(H,64,73)(H3,60,61,66)(H,65,71,74)/t39-,48?/m1/s1. The molecule has 8 rings (SSSR count). The number of carbonyl (C=O) groups excluding carboxylic acids is 6. The van der Waals surface area contributed by atoms with Crippen LogP contribution >= 0.6 is 0 Å². The van der Waals surface area contributed by atoms with Crippen molar-refractivity contribution < 1.29 is 52.1 Å². The Hall–Kier alpha value is -7.66. The highest BCUT2D eigenvalue weighted by atomic mass is 19.1. The zero-order valence-corrected chi connectivity index (χ0v) is 45.3. The lowest BCUT2D eigenvalue weighted by atomic mass is 9.86. The van der Waals surface area contributed by atoms with Gasteiger partial charge in [-0.05, 0) is 125 Å². The van der Waals surface area contributed by atoms with Gasteiger partial charge < -0.3 is 50.0 Å². The maximum atomic E-state index is 15.3. The van der Waals surface area contributed by atoms with E-state index in [0.29, 0.717) is 128 Å². The van der Waals surface area contributed by atoms with Crippen molar-refractivity contribution in [3.8, 4) is 5.75 Å². The zero-order chi connectivity index (χ0) is 56.4. The molecular formula is C58H72FN11O10. The number of ether oxygens (including phenoxy) is 4. The molecule has 7 N–H and O–H groups in total. The molecule has 2 atom stereocenters. The van der Waals surface area contributed by atoms with Gasteiger partial charge in [-0.25, -0.2) is 4.39 Å². The van der Waals surface area contributed by atoms with Gasteiger partial charge in [0.15, 0.2) is 0 Å². The lowest BCUT2D eigenvalue weighted by Gasteiger charge is -2.40. The van der Waals surface area contributed by atoms with Crippen LogP contribution in [0.5, 0.6) is 5.75 Å². The van der Waals surface area contributed by atoms with Crippen molar-refractivity contribution in [2.45, 2.75) is 88.8 Å². The fourth-order valence-corrected chi connectivity index (χ4v) is 10.2. The van der Waals surface area contributed by atoms with Gasteiger partial charge in [0.25, 0.3) is 17.7 Å². The molecule has 0 bridgehead atoms. The number of hydrogen-bond donors (Lipinski definition) is 7. The smallest absolute Gasteiger partial charge is 0.262 e. The molecule has 3 fully saturated rings. The van der Waals surface area contributed by atoms with Crippen molar-refractivity contribution in [3.63, 3.8) is 0 Å². The molecule has 4 aliphatic rings. The molecule has 5 heterocycles. The first-order valence-corrected chi connectivity index (χ1v) is 27.6. The first-order chi connectivity index (χ1) is 38.8. The number of piperazine rings is 1. The van der Waals surface area contributed by atoms with Crippen molar-refractivity contribution in [1.82, 2.24) is 36.1 Å². The van der Waals surface area contributed by atoms with Crippen LogP contribution < -0.4 is 36.2 Å². The molecule has 80 heavy (non-hydrogen) atoms. The molecule has 1 aromatic heterocycles. The van der Waals surface area contributed by atoms with Crippen LogP contribution in [0.2, 0.25) is 0 Å². The van der Waals surface area contributed by atoms with Crippen LogP contribution in [0.4, 0.5) is 15.8 Å². The molecular weight excluding hydrogens is 1030 g/mol. The average Bonchev–Trinajstić information content (AvgIpc) is 3.71. The van der Waals surface area contributed by atoms with E-state index in [1.165, 1.54) is 6.07 Å². The second-order valence-electron chi connectivity index (χ2n) is 20.3. The van der Waals surface area contributed by atoms with Crippen molar-refractivity contribution in [2.75, 3.05) is 95.7 Å². The van der Waals surface area contributed by atoms with E-state index in [2.05, 4.69) is 31.6 Å². The van der Waals surface area contributed by atoms with Crippen LogP contribution in [-0.4, -0.2) is 159 Å². The molecule has 426 valence electrons. The predicted molar refractivity (Wildman–Crippen MR) is 297 cm³/mol. The number of rotatable bonds is 27. The van der Waals surface area contributed by atoms with Crippen molar-refractivity contribution in [3.05, 3.63) is 119 Å².